The maximum Gasteiger partial charge on any atom is 0.309 e. The fraction of sp³-hybridized carbons (Fsp3) is 0.923. The predicted octanol–water partition coefficient (Wildman–Crippen LogP) is 1.44. The highest BCUT2D eigenvalue weighted by Crippen LogP contribution is 2.23. The van der Waals surface area contributed by atoms with Crippen molar-refractivity contribution >= 4 is 5.97 Å². The minimum absolute atomic E-state index is 0.0598. The fourth-order valence-electron chi connectivity index (χ4n) is 2.89. The van der Waals surface area contributed by atoms with Crippen LogP contribution < -0.4 is 0 Å². The lowest BCUT2D eigenvalue weighted by molar-refractivity contribution is -0.147. The highest BCUT2D eigenvalue weighted by Gasteiger charge is 2.29. The third-order valence-corrected chi connectivity index (χ3v) is 3.82. The molecule has 2 aliphatic heterocycles. The van der Waals surface area contributed by atoms with Crippen LogP contribution in [0.2, 0.25) is 0 Å². The average Bonchev–Trinajstić information content (AvgIpc) is 2.74. The van der Waals surface area contributed by atoms with Gasteiger partial charge in [0, 0.05) is 13.1 Å². The first-order chi connectivity index (χ1) is 8.19. The summed E-state index contributed by atoms with van der Waals surface area (Å²) in [5.74, 6) is 0.00276. The lowest BCUT2D eigenvalue weighted by atomic mass is 9.98. The zero-order valence-corrected chi connectivity index (χ0v) is 10.9. The normalized spacial score (nSPS) is 34.8. The van der Waals surface area contributed by atoms with E-state index in [1.807, 2.05) is 0 Å². The van der Waals surface area contributed by atoms with Gasteiger partial charge in [-0.05, 0) is 39.2 Å². The second-order valence-electron chi connectivity index (χ2n) is 5.27. The van der Waals surface area contributed by atoms with Gasteiger partial charge in [0.2, 0.25) is 0 Å². The quantitative estimate of drug-likeness (QED) is 0.701. The van der Waals surface area contributed by atoms with Gasteiger partial charge in [0.1, 0.15) is 0 Å². The average molecular weight is 241 g/mol. The zero-order chi connectivity index (χ0) is 12.3. The van der Waals surface area contributed by atoms with Crippen LogP contribution >= 0.6 is 0 Å². The molecule has 0 radical (unpaired) electrons. The van der Waals surface area contributed by atoms with Gasteiger partial charge < -0.3 is 9.47 Å². The summed E-state index contributed by atoms with van der Waals surface area (Å²) >= 11 is 0. The molecule has 17 heavy (non-hydrogen) atoms. The minimum atomic E-state index is -0.0598. The molecule has 98 valence electrons. The van der Waals surface area contributed by atoms with E-state index in [1.54, 1.807) is 0 Å². The number of esters is 1. The lowest BCUT2D eigenvalue weighted by Gasteiger charge is -2.32. The Morgan fingerprint density at radius 3 is 2.88 bits per heavy atom. The molecule has 2 rings (SSSR count). The van der Waals surface area contributed by atoms with Crippen LogP contribution in [-0.4, -0.2) is 49.8 Å². The van der Waals surface area contributed by atoms with Crippen LogP contribution in [0.25, 0.3) is 0 Å². The zero-order valence-electron chi connectivity index (χ0n) is 10.9. The number of nitrogens with zero attached hydrogens (tertiary/aromatic N) is 1. The molecule has 0 aromatic carbocycles. The van der Waals surface area contributed by atoms with Crippen LogP contribution in [-0.2, 0) is 14.3 Å². The molecule has 4 heteroatoms. The second-order valence-corrected chi connectivity index (χ2v) is 5.27. The summed E-state index contributed by atoms with van der Waals surface area (Å²) in [6.07, 6.45) is 5.13. The lowest BCUT2D eigenvalue weighted by Crippen LogP contribution is -2.42. The highest BCUT2D eigenvalue weighted by atomic mass is 16.5. The summed E-state index contributed by atoms with van der Waals surface area (Å²) in [7, 11) is 1.48. The molecule has 2 saturated heterocycles. The van der Waals surface area contributed by atoms with Gasteiger partial charge in [-0.1, -0.05) is 0 Å². The predicted molar refractivity (Wildman–Crippen MR) is 64.7 cm³/mol. The van der Waals surface area contributed by atoms with Crippen molar-refractivity contribution < 1.29 is 14.3 Å². The summed E-state index contributed by atoms with van der Waals surface area (Å²) in [6.45, 7) is 5.02. The third kappa shape index (κ3) is 3.42. The summed E-state index contributed by atoms with van der Waals surface area (Å²) in [4.78, 5) is 13.9. The highest BCUT2D eigenvalue weighted by molar-refractivity contribution is 5.72. The molecule has 0 spiro atoms. The van der Waals surface area contributed by atoms with E-state index in [-0.39, 0.29) is 11.9 Å². The molecule has 4 nitrogen and oxygen atoms in total. The van der Waals surface area contributed by atoms with E-state index < -0.39 is 0 Å². The Balaban J connectivity index is 1.79. The van der Waals surface area contributed by atoms with Gasteiger partial charge in [0.25, 0.3) is 0 Å². The number of carbonyl (C=O) groups is 1. The van der Waals surface area contributed by atoms with Crippen LogP contribution in [0.4, 0.5) is 0 Å². The van der Waals surface area contributed by atoms with Gasteiger partial charge in [0.15, 0.2) is 0 Å². The van der Waals surface area contributed by atoms with Crippen molar-refractivity contribution in [2.75, 3.05) is 26.7 Å². The maximum atomic E-state index is 11.5. The van der Waals surface area contributed by atoms with Crippen molar-refractivity contribution in [3.63, 3.8) is 0 Å². The molecular formula is C13H23NO3. The van der Waals surface area contributed by atoms with E-state index in [0.29, 0.717) is 12.2 Å². The van der Waals surface area contributed by atoms with E-state index in [9.17, 15) is 4.79 Å². The smallest absolute Gasteiger partial charge is 0.309 e. The Hall–Kier alpha value is -0.610. The summed E-state index contributed by atoms with van der Waals surface area (Å²) in [5.41, 5.74) is 0. The number of hydrogen-bond acceptors (Lipinski definition) is 4. The van der Waals surface area contributed by atoms with Crippen LogP contribution in [0.3, 0.4) is 0 Å². The molecular weight excluding hydrogens is 218 g/mol. The molecule has 0 aliphatic carbocycles. The Morgan fingerprint density at radius 2 is 2.24 bits per heavy atom. The standard InChI is InChI=1S/C13H23NO3/c1-10-5-6-12(17-10)9-14-7-3-4-11(8-14)13(15)16-2/h10-12H,3-9H2,1-2H3/t10?,11-,12?/m0/s1. The van der Waals surface area contributed by atoms with Crippen molar-refractivity contribution in [2.24, 2.45) is 5.92 Å². The Labute approximate surface area is 103 Å². The van der Waals surface area contributed by atoms with E-state index in [0.717, 1.165) is 38.9 Å². The van der Waals surface area contributed by atoms with Gasteiger partial charge >= 0.3 is 5.97 Å². The van der Waals surface area contributed by atoms with E-state index in [1.165, 1.54) is 13.5 Å². The monoisotopic (exact) mass is 241 g/mol. The Morgan fingerprint density at radius 1 is 1.41 bits per heavy atom. The van der Waals surface area contributed by atoms with Gasteiger partial charge in [-0.3, -0.25) is 9.69 Å². The topological polar surface area (TPSA) is 38.8 Å². The van der Waals surface area contributed by atoms with Crippen LogP contribution in [0.5, 0.6) is 0 Å². The van der Waals surface area contributed by atoms with Crippen molar-refractivity contribution in [3.05, 3.63) is 0 Å². The van der Waals surface area contributed by atoms with Crippen molar-refractivity contribution in [1.29, 1.82) is 0 Å². The number of carbonyl (C=O) groups excluding carboxylic acids is 1. The van der Waals surface area contributed by atoms with Gasteiger partial charge in [-0.25, -0.2) is 0 Å². The number of rotatable bonds is 3. The van der Waals surface area contributed by atoms with Crippen molar-refractivity contribution in [2.45, 2.75) is 44.8 Å². The van der Waals surface area contributed by atoms with Crippen molar-refractivity contribution in [3.8, 4) is 0 Å². The Bertz CT molecular complexity index is 269. The number of ether oxygens (including phenoxy) is 2. The number of piperidine rings is 1. The maximum absolute atomic E-state index is 11.5. The first kappa shape index (κ1) is 12.8. The SMILES string of the molecule is COC(=O)[C@H]1CCCN(CC2CCC(C)O2)C1. The van der Waals surface area contributed by atoms with Crippen LogP contribution in [0.1, 0.15) is 32.6 Å². The largest absolute Gasteiger partial charge is 0.469 e. The van der Waals surface area contributed by atoms with Crippen LogP contribution in [0.15, 0.2) is 0 Å². The van der Waals surface area contributed by atoms with Gasteiger partial charge in [0.05, 0.1) is 25.2 Å². The van der Waals surface area contributed by atoms with E-state index in [2.05, 4.69) is 11.8 Å². The van der Waals surface area contributed by atoms with Crippen LogP contribution in [0, 0.1) is 5.92 Å². The summed E-state index contributed by atoms with van der Waals surface area (Å²) in [6, 6.07) is 0. The summed E-state index contributed by atoms with van der Waals surface area (Å²) in [5, 5.41) is 0. The molecule has 3 atom stereocenters. The third-order valence-electron chi connectivity index (χ3n) is 3.82. The molecule has 0 N–H and O–H groups in total. The molecule has 0 amide bonds. The number of likely N-dealkylation sites (tertiary alicyclic amines) is 1. The molecule has 0 bridgehead atoms. The molecule has 0 aromatic rings. The van der Waals surface area contributed by atoms with Gasteiger partial charge in [-0.15, -0.1) is 0 Å². The molecule has 0 saturated carbocycles. The second kappa shape index (κ2) is 5.83. The van der Waals surface area contributed by atoms with E-state index in [4.69, 9.17) is 9.47 Å². The number of methoxy groups -OCH3 is 1. The molecule has 2 fully saturated rings. The molecule has 2 heterocycles. The summed E-state index contributed by atoms with van der Waals surface area (Å²) < 4.78 is 10.7. The van der Waals surface area contributed by atoms with E-state index >= 15 is 0 Å². The first-order valence-corrected chi connectivity index (χ1v) is 6.64. The Kier molecular flexibility index (Phi) is 4.40. The van der Waals surface area contributed by atoms with Crippen molar-refractivity contribution in [1.82, 2.24) is 4.90 Å². The fourth-order valence-corrected chi connectivity index (χ4v) is 2.89. The van der Waals surface area contributed by atoms with Gasteiger partial charge in [-0.2, -0.15) is 0 Å². The molecule has 2 unspecified atom stereocenters. The number of hydrogen-bond donors (Lipinski definition) is 0. The minimum Gasteiger partial charge on any atom is -0.469 e. The molecule has 0 aromatic heterocycles. The molecule has 2 aliphatic rings. The first-order valence-electron chi connectivity index (χ1n) is 6.64.